The van der Waals surface area contributed by atoms with Crippen LogP contribution in [0.25, 0.3) is 49.5 Å². The molecule has 0 unspecified atom stereocenters. The number of hydrogen-bond donors (Lipinski definition) is 3. The molecule has 0 atom stereocenters. The molecular weight excluding hydrogens is 482 g/mol. The monoisotopic (exact) mass is 509 g/mol. The number of H-pyrrole nitrogens is 2. The third-order valence-corrected chi connectivity index (χ3v) is 6.69. The van der Waals surface area contributed by atoms with E-state index in [-0.39, 0.29) is 11.8 Å². The molecule has 5 aromatic rings. The molecule has 0 aliphatic heterocycles. The summed E-state index contributed by atoms with van der Waals surface area (Å²) in [6.45, 7) is 10.2. The first kappa shape index (κ1) is 24.5. The number of anilines is 1. The van der Waals surface area contributed by atoms with Gasteiger partial charge in [0.05, 0.1) is 29.1 Å². The van der Waals surface area contributed by atoms with Crippen molar-refractivity contribution in [3.8, 4) is 22.6 Å². The quantitative estimate of drug-likeness (QED) is 0.212. The first-order chi connectivity index (χ1) is 17.9. The number of allylic oxidation sites excluding steroid dienone is 1. The minimum atomic E-state index is -0.0212. The number of amides is 1. The van der Waals surface area contributed by atoms with Crippen LogP contribution in [0.2, 0.25) is 0 Å². The van der Waals surface area contributed by atoms with Crippen LogP contribution in [0, 0.1) is 5.92 Å². The molecule has 9 heteroatoms. The normalized spacial score (nSPS) is 11.7. The van der Waals surface area contributed by atoms with Crippen molar-refractivity contribution in [1.82, 2.24) is 30.1 Å². The minimum absolute atomic E-state index is 0.0212. The number of carbonyl (C=O) groups excluding carboxylic acids is 1. The summed E-state index contributed by atoms with van der Waals surface area (Å²) in [5.74, 6) is 0.907. The number of aromatic nitrogens is 6. The Morgan fingerprint density at radius 2 is 1.95 bits per heavy atom. The second-order valence-electron chi connectivity index (χ2n) is 9.12. The molecule has 1 aromatic carbocycles. The number of aromatic amines is 2. The fourth-order valence-electron chi connectivity index (χ4n) is 4.09. The predicted octanol–water partition coefficient (Wildman–Crippen LogP) is 6.79. The summed E-state index contributed by atoms with van der Waals surface area (Å²) >= 11 is 1.54. The Morgan fingerprint density at radius 3 is 2.76 bits per heavy atom. The Kier molecular flexibility index (Phi) is 6.87. The van der Waals surface area contributed by atoms with E-state index in [1.54, 1.807) is 24.8 Å². The van der Waals surface area contributed by atoms with Crippen LogP contribution in [-0.2, 0) is 4.79 Å². The van der Waals surface area contributed by atoms with Gasteiger partial charge in [0.2, 0.25) is 5.91 Å². The van der Waals surface area contributed by atoms with Crippen molar-refractivity contribution in [2.45, 2.75) is 27.2 Å². The molecule has 4 aromatic heterocycles. The summed E-state index contributed by atoms with van der Waals surface area (Å²) < 4.78 is 0. The van der Waals surface area contributed by atoms with Gasteiger partial charge < -0.3 is 10.3 Å². The number of fused-ring (bicyclic) bond motifs is 2. The number of carbonyl (C=O) groups is 1. The second kappa shape index (κ2) is 10.4. The first-order valence-electron chi connectivity index (χ1n) is 12.0. The van der Waals surface area contributed by atoms with Crippen molar-refractivity contribution in [3.63, 3.8) is 0 Å². The molecule has 3 N–H and O–H groups in total. The molecule has 186 valence electrons. The predicted molar refractivity (Wildman–Crippen MR) is 152 cm³/mol. The average molecular weight is 510 g/mol. The van der Waals surface area contributed by atoms with Gasteiger partial charge in [-0.2, -0.15) is 5.10 Å². The van der Waals surface area contributed by atoms with Crippen molar-refractivity contribution in [1.29, 1.82) is 0 Å². The smallest absolute Gasteiger partial charge is 0.224 e. The standard InChI is InChI=1S/C28H27N7OS/c1-5-8-37-17(4)22-14-30-15-24-26(22)33-28(32-24)27-21-11-18(6-7-23(21)34-35-27)19-10-20(13-29-12-19)31-25(36)9-16(2)3/h5-8,10-16H,4,9H2,1-3H3,(H,31,36)(H,32,33)(H,34,35)/b8-5-. The van der Waals surface area contributed by atoms with Gasteiger partial charge in [0.15, 0.2) is 5.82 Å². The Morgan fingerprint density at radius 1 is 1.11 bits per heavy atom. The molecule has 0 bridgehead atoms. The lowest BCUT2D eigenvalue weighted by atomic mass is 10.0. The van der Waals surface area contributed by atoms with Gasteiger partial charge in [-0.05, 0) is 42.0 Å². The summed E-state index contributed by atoms with van der Waals surface area (Å²) in [6.07, 6.45) is 9.42. The van der Waals surface area contributed by atoms with Gasteiger partial charge >= 0.3 is 0 Å². The van der Waals surface area contributed by atoms with Crippen molar-refractivity contribution in [2.75, 3.05) is 5.32 Å². The molecule has 0 aliphatic rings. The largest absolute Gasteiger partial charge is 0.335 e. The summed E-state index contributed by atoms with van der Waals surface area (Å²) in [7, 11) is 0. The van der Waals surface area contributed by atoms with Gasteiger partial charge in [-0.1, -0.05) is 44.3 Å². The third kappa shape index (κ3) is 5.17. The maximum absolute atomic E-state index is 12.2. The molecule has 0 aliphatic carbocycles. The van der Waals surface area contributed by atoms with Crippen LogP contribution < -0.4 is 5.32 Å². The Bertz CT molecular complexity index is 1650. The van der Waals surface area contributed by atoms with E-state index in [1.165, 1.54) is 11.8 Å². The lowest BCUT2D eigenvalue weighted by Gasteiger charge is -2.09. The van der Waals surface area contributed by atoms with Crippen LogP contribution in [0.15, 0.2) is 67.1 Å². The minimum Gasteiger partial charge on any atom is -0.335 e. The zero-order valence-electron chi connectivity index (χ0n) is 20.9. The number of imidazole rings is 1. The molecular formula is C28H27N7OS. The fraction of sp³-hybridized carbons (Fsp3) is 0.179. The average Bonchev–Trinajstić information content (AvgIpc) is 3.50. The highest BCUT2D eigenvalue weighted by atomic mass is 32.2. The van der Waals surface area contributed by atoms with E-state index in [9.17, 15) is 4.79 Å². The second-order valence-corrected chi connectivity index (χ2v) is 10.1. The lowest BCUT2D eigenvalue weighted by Crippen LogP contribution is -2.13. The van der Waals surface area contributed by atoms with Crippen LogP contribution in [0.4, 0.5) is 5.69 Å². The lowest BCUT2D eigenvalue weighted by molar-refractivity contribution is -0.116. The van der Waals surface area contributed by atoms with E-state index in [0.717, 1.165) is 43.5 Å². The number of nitrogens with zero attached hydrogens (tertiary/aromatic N) is 4. The molecule has 0 saturated heterocycles. The third-order valence-electron chi connectivity index (χ3n) is 5.78. The number of thioether (sulfide) groups is 1. The summed E-state index contributed by atoms with van der Waals surface area (Å²) in [5, 5.41) is 13.5. The Hall–Kier alpha value is -4.24. The number of pyridine rings is 2. The van der Waals surface area contributed by atoms with Crippen molar-refractivity contribution < 1.29 is 4.79 Å². The maximum Gasteiger partial charge on any atom is 0.224 e. The van der Waals surface area contributed by atoms with Gasteiger partial charge in [0.1, 0.15) is 11.2 Å². The van der Waals surface area contributed by atoms with Gasteiger partial charge in [-0.3, -0.25) is 19.9 Å². The number of benzene rings is 1. The molecule has 0 spiro atoms. The molecule has 4 heterocycles. The van der Waals surface area contributed by atoms with E-state index >= 15 is 0 Å². The number of rotatable bonds is 8. The fourth-order valence-corrected chi connectivity index (χ4v) is 4.66. The van der Waals surface area contributed by atoms with Crippen LogP contribution in [0.3, 0.4) is 0 Å². The molecule has 0 fully saturated rings. The molecule has 0 radical (unpaired) electrons. The van der Waals surface area contributed by atoms with Gasteiger partial charge in [-0.15, -0.1) is 0 Å². The van der Waals surface area contributed by atoms with Crippen LogP contribution in [0.5, 0.6) is 0 Å². The zero-order valence-corrected chi connectivity index (χ0v) is 21.7. The van der Waals surface area contributed by atoms with Crippen molar-refractivity contribution >= 4 is 50.2 Å². The van der Waals surface area contributed by atoms with Crippen molar-refractivity contribution in [3.05, 3.63) is 72.7 Å². The number of hydrogen-bond acceptors (Lipinski definition) is 6. The molecule has 8 nitrogen and oxygen atoms in total. The molecule has 0 saturated carbocycles. The SMILES string of the molecule is C=C(S/C=C\C)c1cncc2[nH]c(-c3n[nH]c4ccc(-c5cncc(NC(=O)CC(C)C)c5)cc34)nc12. The molecule has 37 heavy (non-hydrogen) atoms. The van der Waals surface area contributed by atoms with Gasteiger partial charge in [0.25, 0.3) is 0 Å². The van der Waals surface area contributed by atoms with Crippen LogP contribution >= 0.6 is 11.8 Å². The maximum atomic E-state index is 12.2. The van der Waals surface area contributed by atoms with E-state index < -0.39 is 0 Å². The van der Waals surface area contributed by atoms with Gasteiger partial charge in [0, 0.05) is 40.2 Å². The van der Waals surface area contributed by atoms with Gasteiger partial charge in [-0.25, -0.2) is 4.98 Å². The molecule has 5 rings (SSSR count). The van der Waals surface area contributed by atoms with E-state index in [4.69, 9.17) is 4.98 Å². The summed E-state index contributed by atoms with van der Waals surface area (Å²) in [4.78, 5) is 30.0. The van der Waals surface area contributed by atoms with Crippen LogP contribution in [-0.4, -0.2) is 36.0 Å². The van der Waals surface area contributed by atoms with Crippen molar-refractivity contribution in [2.24, 2.45) is 5.92 Å². The zero-order chi connectivity index (χ0) is 25.9. The topological polar surface area (TPSA) is 112 Å². The summed E-state index contributed by atoms with van der Waals surface area (Å²) in [6, 6.07) is 7.97. The van der Waals surface area contributed by atoms with E-state index in [0.29, 0.717) is 23.6 Å². The van der Waals surface area contributed by atoms with E-state index in [2.05, 4.69) is 43.1 Å². The Labute approximate surface area is 218 Å². The highest BCUT2D eigenvalue weighted by Crippen LogP contribution is 2.34. The summed E-state index contributed by atoms with van der Waals surface area (Å²) in [5.41, 5.74) is 6.61. The Balaban J connectivity index is 1.51. The highest BCUT2D eigenvalue weighted by molar-refractivity contribution is 8.10. The van der Waals surface area contributed by atoms with Crippen LogP contribution in [0.1, 0.15) is 32.8 Å². The van der Waals surface area contributed by atoms with E-state index in [1.807, 2.05) is 50.5 Å². The first-order valence-corrected chi connectivity index (χ1v) is 12.9. The molecule has 1 amide bonds. The number of nitrogens with one attached hydrogen (secondary N) is 3. The highest BCUT2D eigenvalue weighted by Gasteiger charge is 2.17.